The van der Waals surface area contributed by atoms with E-state index in [0.717, 1.165) is 25.8 Å². The molecule has 2 fully saturated rings. The van der Waals surface area contributed by atoms with Crippen LogP contribution in [0.1, 0.15) is 33.1 Å². The lowest BCUT2D eigenvalue weighted by Crippen LogP contribution is -2.47. The maximum atomic E-state index is 11.7. The van der Waals surface area contributed by atoms with E-state index in [1.54, 1.807) is 0 Å². The van der Waals surface area contributed by atoms with Crippen LogP contribution in [0.2, 0.25) is 0 Å². The molecule has 0 radical (unpaired) electrons. The Balaban J connectivity index is 1.76. The Hall–Kier alpha value is -0.570. The highest BCUT2D eigenvalue weighted by Gasteiger charge is 2.39. The Bertz CT molecular complexity index is 229. The lowest BCUT2D eigenvalue weighted by Gasteiger charge is -2.28. The molecule has 2 aliphatic rings. The highest BCUT2D eigenvalue weighted by atomic mass is 16.2. The second kappa shape index (κ2) is 3.89. The van der Waals surface area contributed by atoms with Gasteiger partial charge in [0.1, 0.15) is 0 Å². The molecule has 4 unspecified atom stereocenters. The van der Waals surface area contributed by atoms with Crippen LogP contribution >= 0.6 is 0 Å². The molecule has 1 aliphatic carbocycles. The fourth-order valence-corrected chi connectivity index (χ4v) is 2.26. The number of nitrogens with one attached hydrogen (secondary N) is 2. The van der Waals surface area contributed by atoms with E-state index in [2.05, 4.69) is 24.5 Å². The van der Waals surface area contributed by atoms with Crippen molar-refractivity contribution in [1.29, 1.82) is 0 Å². The molecule has 4 atom stereocenters. The zero-order chi connectivity index (χ0) is 10.1. The van der Waals surface area contributed by atoms with Gasteiger partial charge in [0.2, 0.25) is 5.91 Å². The lowest BCUT2D eigenvalue weighted by atomic mass is 10.0. The summed E-state index contributed by atoms with van der Waals surface area (Å²) in [6, 6.07) is 0.956. The highest BCUT2D eigenvalue weighted by Crippen LogP contribution is 2.37. The number of piperidine rings is 1. The molecule has 3 nitrogen and oxygen atoms in total. The van der Waals surface area contributed by atoms with Gasteiger partial charge >= 0.3 is 0 Å². The Labute approximate surface area is 85.6 Å². The summed E-state index contributed by atoms with van der Waals surface area (Å²) in [6.45, 7) is 5.36. The summed E-state index contributed by atoms with van der Waals surface area (Å²) >= 11 is 0. The molecule has 0 aromatic carbocycles. The van der Waals surface area contributed by atoms with Crippen LogP contribution in [0.4, 0.5) is 0 Å². The third-order valence-corrected chi connectivity index (χ3v) is 3.42. The van der Waals surface area contributed by atoms with Crippen LogP contribution in [0.3, 0.4) is 0 Å². The normalized spacial score (nSPS) is 41.9. The molecule has 1 saturated heterocycles. The third-order valence-electron chi connectivity index (χ3n) is 3.42. The molecule has 3 heteroatoms. The molecule has 0 bridgehead atoms. The molecular formula is C11H20N2O. The SMILES string of the molecule is CC1CC(NC(=O)C2CC2C)CCN1. The predicted molar refractivity (Wildman–Crippen MR) is 55.9 cm³/mol. The number of hydrogen-bond acceptors (Lipinski definition) is 2. The van der Waals surface area contributed by atoms with Crippen molar-refractivity contribution in [2.75, 3.05) is 6.54 Å². The van der Waals surface area contributed by atoms with Gasteiger partial charge in [0.15, 0.2) is 0 Å². The molecule has 1 amide bonds. The van der Waals surface area contributed by atoms with Gasteiger partial charge in [-0.2, -0.15) is 0 Å². The molecule has 0 aromatic heterocycles. The number of carbonyl (C=O) groups excluding carboxylic acids is 1. The quantitative estimate of drug-likeness (QED) is 0.689. The Morgan fingerprint density at radius 3 is 2.64 bits per heavy atom. The number of hydrogen-bond donors (Lipinski definition) is 2. The van der Waals surface area contributed by atoms with Crippen molar-refractivity contribution in [3.05, 3.63) is 0 Å². The van der Waals surface area contributed by atoms with E-state index < -0.39 is 0 Å². The predicted octanol–water partition coefficient (Wildman–Crippen LogP) is 0.899. The van der Waals surface area contributed by atoms with E-state index in [-0.39, 0.29) is 5.91 Å². The van der Waals surface area contributed by atoms with E-state index in [9.17, 15) is 4.79 Å². The number of amides is 1. The van der Waals surface area contributed by atoms with Crippen LogP contribution in [-0.4, -0.2) is 24.5 Å². The fraction of sp³-hybridized carbons (Fsp3) is 0.909. The summed E-state index contributed by atoms with van der Waals surface area (Å²) in [7, 11) is 0. The van der Waals surface area contributed by atoms with Crippen LogP contribution < -0.4 is 10.6 Å². The Morgan fingerprint density at radius 2 is 2.07 bits per heavy atom. The van der Waals surface area contributed by atoms with E-state index >= 15 is 0 Å². The standard InChI is InChI=1S/C11H20N2O/c1-7-5-10(7)11(14)13-9-3-4-12-8(2)6-9/h7-10,12H,3-6H2,1-2H3,(H,13,14). The van der Waals surface area contributed by atoms with Gasteiger partial charge in [0, 0.05) is 18.0 Å². The number of carbonyl (C=O) groups is 1. The average Bonchev–Trinajstić information content (AvgIpc) is 2.82. The molecular weight excluding hydrogens is 176 g/mol. The van der Waals surface area contributed by atoms with Crippen LogP contribution in [0.5, 0.6) is 0 Å². The van der Waals surface area contributed by atoms with Gasteiger partial charge in [-0.25, -0.2) is 0 Å². The summed E-state index contributed by atoms with van der Waals surface area (Å²) < 4.78 is 0. The van der Waals surface area contributed by atoms with Crippen molar-refractivity contribution in [3.8, 4) is 0 Å². The third kappa shape index (κ3) is 2.27. The summed E-state index contributed by atoms with van der Waals surface area (Å²) in [5.41, 5.74) is 0. The van der Waals surface area contributed by atoms with Gasteiger partial charge in [-0.3, -0.25) is 4.79 Å². The van der Waals surface area contributed by atoms with Crippen LogP contribution in [0.25, 0.3) is 0 Å². The first kappa shape index (κ1) is 9.97. The largest absolute Gasteiger partial charge is 0.353 e. The van der Waals surface area contributed by atoms with Crippen LogP contribution in [0, 0.1) is 11.8 Å². The van der Waals surface area contributed by atoms with Crippen molar-refractivity contribution >= 4 is 5.91 Å². The highest BCUT2D eigenvalue weighted by molar-refractivity contribution is 5.81. The van der Waals surface area contributed by atoms with Gasteiger partial charge in [-0.1, -0.05) is 6.92 Å². The van der Waals surface area contributed by atoms with Crippen molar-refractivity contribution in [1.82, 2.24) is 10.6 Å². The summed E-state index contributed by atoms with van der Waals surface area (Å²) in [5.74, 6) is 1.23. The van der Waals surface area contributed by atoms with E-state index in [4.69, 9.17) is 0 Å². The molecule has 2 N–H and O–H groups in total. The van der Waals surface area contributed by atoms with Crippen molar-refractivity contribution in [3.63, 3.8) is 0 Å². The first-order chi connectivity index (χ1) is 6.66. The summed E-state index contributed by atoms with van der Waals surface area (Å²) in [4.78, 5) is 11.7. The van der Waals surface area contributed by atoms with E-state index in [1.807, 2.05) is 0 Å². The van der Waals surface area contributed by atoms with Gasteiger partial charge in [0.05, 0.1) is 0 Å². The van der Waals surface area contributed by atoms with Crippen molar-refractivity contribution in [2.45, 2.75) is 45.2 Å². The van der Waals surface area contributed by atoms with Gasteiger partial charge in [0.25, 0.3) is 0 Å². The maximum absolute atomic E-state index is 11.7. The molecule has 1 heterocycles. The molecule has 14 heavy (non-hydrogen) atoms. The van der Waals surface area contributed by atoms with Crippen molar-refractivity contribution in [2.24, 2.45) is 11.8 Å². The molecule has 0 aromatic rings. The summed E-state index contributed by atoms with van der Waals surface area (Å²) in [5, 5.41) is 6.55. The second-order valence-corrected chi connectivity index (χ2v) is 4.90. The smallest absolute Gasteiger partial charge is 0.223 e. The first-order valence-electron chi connectivity index (χ1n) is 5.70. The molecule has 1 saturated carbocycles. The van der Waals surface area contributed by atoms with E-state index in [0.29, 0.717) is 23.9 Å². The Morgan fingerprint density at radius 1 is 1.36 bits per heavy atom. The number of rotatable bonds is 2. The molecule has 80 valence electrons. The zero-order valence-electron chi connectivity index (χ0n) is 9.05. The van der Waals surface area contributed by atoms with Gasteiger partial charge in [-0.15, -0.1) is 0 Å². The maximum Gasteiger partial charge on any atom is 0.223 e. The minimum atomic E-state index is 0.289. The topological polar surface area (TPSA) is 41.1 Å². The minimum Gasteiger partial charge on any atom is -0.353 e. The van der Waals surface area contributed by atoms with E-state index in [1.165, 1.54) is 0 Å². The molecule has 2 rings (SSSR count). The molecule has 0 spiro atoms. The fourth-order valence-electron chi connectivity index (χ4n) is 2.26. The van der Waals surface area contributed by atoms with Crippen molar-refractivity contribution < 1.29 is 4.79 Å². The van der Waals surface area contributed by atoms with Crippen LogP contribution in [0.15, 0.2) is 0 Å². The average molecular weight is 196 g/mol. The minimum absolute atomic E-state index is 0.289. The van der Waals surface area contributed by atoms with Crippen LogP contribution in [-0.2, 0) is 4.79 Å². The van der Waals surface area contributed by atoms with Gasteiger partial charge < -0.3 is 10.6 Å². The monoisotopic (exact) mass is 196 g/mol. The summed E-state index contributed by atoms with van der Waals surface area (Å²) in [6.07, 6.45) is 3.25. The first-order valence-corrected chi connectivity index (χ1v) is 5.70. The Kier molecular flexibility index (Phi) is 2.77. The molecule has 1 aliphatic heterocycles. The lowest BCUT2D eigenvalue weighted by molar-refractivity contribution is -0.123. The second-order valence-electron chi connectivity index (χ2n) is 4.90. The zero-order valence-corrected chi connectivity index (χ0v) is 9.05. The van der Waals surface area contributed by atoms with Gasteiger partial charge in [-0.05, 0) is 38.6 Å².